The van der Waals surface area contributed by atoms with Gasteiger partial charge in [0.1, 0.15) is 0 Å². The number of hydrogen-bond donors (Lipinski definition) is 3. The molecule has 2 aliphatic heterocycles. The standard InChI is InChI=1S/C22H22ClN7O2/c23-18-20(26)28-19(25)17(27-18)16(31)11-15-5-6-22(29-15)7-9-30(10-8-22)21(32)14-3-1-13(12-24)2-4-14/h1-4,11,29H,5-10H2,(H4,25,26,28)/b15-11+. The highest BCUT2D eigenvalue weighted by atomic mass is 35.5. The predicted molar refractivity (Wildman–Crippen MR) is 120 cm³/mol. The molecule has 0 unspecified atom stereocenters. The monoisotopic (exact) mass is 451 g/mol. The van der Waals surface area contributed by atoms with Gasteiger partial charge in [-0.05, 0) is 49.9 Å². The van der Waals surface area contributed by atoms with Crippen LogP contribution in [0.1, 0.15) is 52.1 Å². The van der Waals surface area contributed by atoms with Gasteiger partial charge in [0, 0.05) is 36.0 Å². The fourth-order valence-electron chi connectivity index (χ4n) is 4.18. The highest BCUT2D eigenvalue weighted by Gasteiger charge is 2.40. The minimum atomic E-state index is -0.384. The van der Waals surface area contributed by atoms with Gasteiger partial charge in [0.15, 0.2) is 22.5 Å². The molecule has 1 aromatic carbocycles. The van der Waals surface area contributed by atoms with Crippen LogP contribution in [0.3, 0.4) is 0 Å². The van der Waals surface area contributed by atoms with Crippen LogP contribution in [0.15, 0.2) is 36.0 Å². The van der Waals surface area contributed by atoms with Crippen molar-refractivity contribution in [3.05, 3.63) is 58.0 Å². The van der Waals surface area contributed by atoms with Gasteiger partial charge in [-0.1, -0.05) is 11.6 Å². The third kappa shape index (κ3) is 4.22. The number of amides is 1. The van der Waals surface area contributed by atoms with Crippen molar-refractivity contribution in [3.63, 3.8) is 0 Å². The number of nitrogens with two attached hydrogens (primary N) is 2. The average Bonchev–Trinajstić information content (AvgIpc) is 3.18. The van der Waals surface area contributed by atoms with E-state index in [0.717, 1.165) is 25.0 Å². The second-order valence-corrected chi connectivity index (χ2v) is 8.41. The van der Waals surface area contributed by atoms with Crippen LogP contribution >= 0.6 is 11.6 Å². The minimum Gasteiger partial charge on any atom is -0.383 e. The Morgan fingerprint density at radius 1 is 1.12 bits per heavy atom. The number of hydrogen-bond acceptors (Lipinski definition) is 8. The summed E-state index contributed by atoms with van der Waals surface area (Å²) >= 11 is 5.87. The Morgan fingerprint density at radius 3 is 2.47 bits per heavy atom. The fourth-order valence-corrected chi connectivity index (χ4v) is 4.31. The molecule has 0 atom stereocenters. The number of aromatic nitrogens is 2. The Bertz CT molecular complexity index is 1150. The Morgan fingerprint density at radius 2 is 1.81 bits per heavy atom. The lowest BCUT2D eigenvalue weighted by Crippen LogP contribution is -2.51. The van der Waals surface area contributed by atoms with Gasteiger partial charge >= 0.3 is 0 Å². The summed E-state index contributed by atoms with van der Waals surface area (Å²) in [5.74, 6) is -0.503. The number of rotatable bonds is 3. The summed E-state index contributed by atoms with van der Waals surface area (Å²) in [4.78, 5) is 35.0. The number of anilines is 2. The lowest BCUT2D eigenvalue weighted by molar-refractivity contribution is 0.0659. The van der Waals surface area contributed by atoms with Gasteiger partial charge in [-0.15, -0.1) is 0 Å². The lowest BCUT2D eigenvalue weighted by atomic mass is 9.86. The SMILES string of the molecule is N#Cc1ccc(C(=O)N2CCC3(CC/C(=C\C(=O)c4nc(Cl)c(N)nc4N)N3)CC2)cc1. The van der Waals surface area contributed by atoms with Crippen LogP contribution in [0.25, 0.3) is 0 Å². The summed E-state index contributed by atoms with van der Waals surface area (Å²) in [6.45, 7) is 1.22. The summed E-state index contributed by atoms with van der Waals surface area (Å²) in [7, 11) is 0. The Labute approximate surface area is 190 Å². The second kappa shape index (κ2) is 8.48. The highest BCUT2D eigenvalue weighted by Crippen LogP contribution is 2.35. The zero-order valence-corrected chi connectivity index (χ0v) is 18.0. The van der Waals surface area contributed by atoms with E-state index in [-0.39, 0.29) is 39.7 Å². The molecule has 32 heavy (non-hydrogen) atoms. The first-order valence-electron chi connectivity index (χ1n) is 10.2. The number of nitrogens with one attached hydrogen (secondary N) is 1. The number of ketones is 1. The summed E-state index contributed by atoms with van der Waals surface area (Å²) in [5, 5.41) is 12.3. The van der Waals surface area contributed by atoms with Gasteiger partial charge in [-0.2, -0.15) is 5.26 Å². The number of piperidine rings is 1. The number of halogens is 1. The van der Waals surface area contributed by atoms with Crippen molar-refractivity contribution < 1.29 is 9.59 Å². The molecule has 164 valence electrons. The molecule has 9 nitrogen and oxygen atoms in total. The van der Waals surface area contributed by atoms with Crippen LogP contribution in [0.2, 0.25) is 5.15 Å². The van der Waals surface area contributed by atoms with Crippen LogP contribution in [-0.4, -0.2) is 45.2 Å². The van der Waals surface area contributed by atoms with Gasteiger partial charge in [0.25, 0.3) is 5.91 Å². The molecule has 0 aliphatic carbocycles. The first kappa shape index (κ1) is 21.6. The summed E-state index contributed by atoms with van der Waals surface area (Å²) in [5.41, 5.74) is 13.1. The molecule has 0 bridgehead atoms. The van der Waals surface area contributed by atoms with Crippen LogP contribution in [0, 0.1) is 11.3 Å². The third-order valence-electron chi connectivity index (χ3n) is 6.01. The molecule has 3 heterocycles. The van der Waals surface area contributed by atoms with Crippen LogP contribution < -0.4 is 16.8 Å². The molecule has 1 spiro atoms. The molecule has 5 N–H and O–H groups in total. The zero-order chi connectivity index (χ0) is 22.9. The van der Waals surface area contributed by atoms with Gasteiger partial charge in [0.05, 0.1) is 11.6 Å². The van der Waals surface area contributed by atoms with Crippen molar-refractivity contribution in [2.75, 3.05) is 24.6 Å². The molecule has 0 saturated carbocycles. The fraction of sp³-hybridized carbons (Fsp3) is 0.318. The summed E-state index contributed by atoms with van der Waals surface area (Å²) < 4.78 is 0. The van der Waals surface area contributed by atoms with Crippen LogP contribution in [0.5, 0.6) is 0 Å². The average molecular weight is 452 g/mol. The molecule has 2 aliphatic rings. The van der Waals surface area contributed by atoms with E-state index >= 15 is 0 Å². The predicted octanol–water partition coefficient (Wildman–Crippen LogP) is 2.29. The number of nitrogen functional groups attached to an aromatic ring is 2. The summed E-state index contributed by atoms with van der Waals surface area (Å²) in [6.07, 6.45) is 4.61. The number of carbonyl (C=O) groups is 2. The van der Waals surface area contributed by atoms with Crippen molar-refractivity contribution in [3.8, 4) is 6.07 Å². The van der Waals surface area contributed by atoms with E-state index in [4.69, 9.17) is 28.3 Å². The molecule has 1 aromatic heterocycles. The smallest absolute Gasteiger partial charge is 0.253 e. The number of nitriles is 1. The van der Waals surface area contributed by atoms with Crippen LogP contribution in [-0.2, 0) is 0 Å². The van der Waals surface area contributed by atoms with Gasteiger partial charge in [-0.25, -0.2) is 9.97 Å². The normalized spacial score (nSPS) is 18.4. The quantitative estimate of drug-likeness (QED) is 0.474. The largest absolute Gasteiger partial charge is 0.383 e. The molecule has 2 aromatic rings. The van der Waals surface area contributed by atoms with E-state index in [1.165, 1.54) is 6.08 Å². The minimum absolute atomic E-state index is 0.0198. The molecule has 2 saturated heterocycles. The van der Waals surface area contributed by atoms with E-state index in [1.54, 1.807) is 24.3 Å². The first-order chi connectivity index (χ1) is 15.3. The van der Waals surface area contributed by atoms with Gasteiger partial charge in [0.2, 0.25) is 5.78 Å². The van der Waals surface area contributed by atoms with E-state index in [0.29, 0.717) is 30.6 Å². The molecular weight excluding hydrogens is 430 g/mol. The second-order valence-electron chi connectivity index (χ2n) is 8.05. The Balaban J connectivity index is 1.39. The number of benzene rings is 1. The van der Waals surface area contributed by atoms with E-state index in [2.05, 4.69) is 21.4 Å². The molecule has 1 amide bonds. The first-order valence-corrected chi connectivity index (χ1v) is 10.6. The zero-order valence-electron chi connectivity index (χ0n) is 17.3. The Kier molecular flexibility index (Phi) is 5.72. The maximum absolute atomic E-state index is 12.8. The molecule has 2 fully saturated rings. The Hall–Kier alpha value is -3.64. The highest BCUT2D eigenvalue weighted by molar-refractivity contribution is 6.31. The molecular formula is C22H22ClN7O2. The molecule has 0 radical (unpaired) electrons. The van der Waals surface area contributed by atoms with E-state index in [1.807, 2.05) is 4.90 Å². The maximum atomic E-state index is 12.8. The van der Waals surface area contributed by atoms with E-state index in [9.17, 15) is 9.59 Å². The van der Waals surface area contributed by atoms with Crippen LogP contribution in [0.4, 0.5) is 11.6 Å². The number of nitrogens with zero attached hydrogens (tertiary/aromatic N) is 4. The number of allylic oxidation sites excluding steroid dienone is 2. The van der Waals surface area contributed by atoms with Crippen molar-refractivity contribution in [1.82, 2.24) is 20.2 Å². The lowest BCUT2D eigenvalue weighted by Gasteiger charge is -2.39. The maximum Gasteiger partial charge on any atom is 0.253 e. The van der Waals surface area contributed by atoms with Crippen molar-refractivity contribution in [2.45, 2.75) is 31.2 Å². The topological polar surface area (TPSA) is 151 Å². The third-order valence-corrected chi connectivity index (χ3v) is 6.29. The van der Waals surface area contributed by atoms with Crippen molar-refractivity contribution in [1.29, 1.82) is 5.26 Å². The number of carbonyl (C=O) groups excluding carboxylic acids is 2. The summed E-state index contributed by atoms with van der Waals surface area (Å²) in [6, 6.07) is 8.72. The molecule has 10 heteroatoms. The van der Waals surface area contributed by atoms with E-state index < -0.39 is 0 Å². The van der Waals surface area contributed by atoms with Crippen molar-refractivity contribution in [2.24, 2.45) is 0 Å². The van der Waals surface area contributed by atoms with Gasteiger partial charge in [-0.3, -0.25) is 9.59 Å². The van der Waals surface area contributed by atoms with Crippen molar-refractivity contribution >= 4 is 34.9 Å². The van der Waals surface area contributed by atoms with Gasteiger partial charge < -0.3 is 21.7 Å². The molecule has 4 rings (SSSR count). The number of likely N-dealkylation sites (tertiary alicyclic amines) is 1.